The summed E-state index contributed by atoms with van der Waals surface area (Å²) in [6.45, 7) is 3.80. The van der Waals surface area contributed by atoms with Crippen LogP contribution in [0.2, 0.25) is 5.02 Å². The number of hydrogen-bond acceptors (Lipinski definition) is 8. The van der Waals surface area contributed by atoms with Crippen molar-refractivity contribution in [2.24, 2.45) is 0 Å². The Kier molecular flexibility index (Phi) is 5.62. The Balaban J connectivity index is 1.57. The number of halogens is 1. The lowest BCUT2D eigenvalue weighted by atomic mass is 10.1. The summed E-state index contributed by atoms with van der Waals surface area (Å²) in [5.41, 5.74) is 3.09. The van der Waals surface area contributed by atoms with E-state index in [2.05, 4.69) is 30.8 Å². The molecule has 0 aliphatic carbocycles. The number of urea groups is 1. The number of methoxy groups -OCH3 is 1. The number of ether oxygens (including phenoxy) is 1. The summed E-state index contributed by atoms with van der Waals surface area (Å²) in [4.78, 5) is 22.4. The number of aryl methyl sites for hydroxylation is 1. The Morgan fingerprint density at radius 3 is 2.87 bits per heavy atom. The van der Waals surface area contributed by atoms with Gasteiger partial charge in [0, 0.05) is 18.4 Å². The van der Waals surface area contributed by atoms with E-state index in [1.807, 2.05) is 13.8 Å². The zero-order valence-electron chi connectivity index (χ0n) is 16.3. The number of thiazole rings is 1. The van der Waals surface area contributed by atoms with E-state index < -0.39 is 6.03 Å². The van der Waals surface area contributed by atoms with Gasteiger partial charge in [0.25, 0.3) is 0 Å². The molecule has 0 spiro atoms. The Morgan fingerprint density at radius 1 is 1.33 bits per heavy atom. The van der Waals surface area contributed by atoms with Crippen LogP contribution < -0.4 is 10.6 Å². The van der Waals surface area contributed by atoms with E-state index in [-0.39, 0.29) is 6.10 Å². The molecule has 1 atom stereocenters. The Morgan fingerprint density at radius 2 is 2.17 bits per heavy atom. The van der Waals surface area contributed by atoms with Crippen LogP contribution >= 0.6 is 22.9 Å². The average molecular weight is 445 g/mol. The van der Waals surface area contributed by atoms with Crippen molar-refractivity contribution in [2.45, 2.75) is 20.0 Å². The molecule has 0 fully saturated rings. The van der Waals surface area contributed by atoms with Crippen molar-refractivity contribution in [3.8, 4) is 11.5 Å². The van der Waals surface area contributed by atoms with Crippen molar-refractivity contribution in [1.29, 1.82) is 0 Å². The monoisotopic (exact) mass is 444 g/mol. The van der Waals surface area contributed by atoms with Crippen LogP contribution in [0.4, 0.5) is 16.2 Å². The molecule has 1 aromatic carbocycles. The first-order chi connectivity index (χ1) is 14.5. The van der Waals surface area contributed by atoms with Crippen LogP contribution in [0.5, 0.6) is 0 Å². The van der Waals surface area contributed by atoms with Crippen molar-refractivity contribution in [3.63, 3.8) is 0 Å². The smallest absolute Gasteiger partial charge is 0.323 e. The maximum Gasteiger partial charge on any atom is 0.323 e. The highest BCUT2D eigenvalue weighted by Gasteiger charge is 2.20. The fourth-order valence-electron chi connectivity index (χ4n) is 2.97. The van der Waals surface area contributed by atoms with Gasteiger partial charge in [0.2, 0.25) is 12.3 Å². The zero-order valence-corrected chi connectivity index (χ0v) is 17.8. The van der Waals surface area contributed by atoms with Crippen LogP contribution in [0.1, 0.15) is 23.6 Å². The van der Waals surface area contributed by atoms with Gasteiger partial charge in [0.15, 0.2) is 0 Å². The van der Waals surface area contributed by atoms with Crippen LogP contribution in [0.15, 0.2) is 35.2 Å². The van der Waals surface area contributed by atoms with Crippen LogP contribution in [0.3, 0.4) is 0 Å². The molecule has 3 aromatic heterocycles. The van der Waals surface area contributed by atoms with Gasteiger partial charge in [-0.15, -0.1) is 10.2 Å². The second kappa shape index (κ2) is 8.34. The third kappa shape index (κ3) is 3.97. The maximum atomic E-state index is 12.6. The molecular formula is C19H17ClN6O3S. The van der Waals surface area contributed by atoms with E-state index in [4.69, 9.17) is 20.8 Å². The molecule has 2 amide bonds. The minimum absolute atomic E-state index is 0.282. The Hall–Kier alpha value is -3.08. The van der Waals surface area contributed by atoms with Crippen molar-refractivity contribution < 1.29 is 13.9 Å². The molecule has 9 nitrogen and oxygen atoms in total. The molecule has 0 saturated heterocycles. The largest absolute Gasteiger partial charge is 0.423 e. The van der Waals surface area contributed by atoms with E-state index in [9.17, 15) is 4.79 Å². The molecule has 2 N–H and O–H groups in total. The summed E-state index contributed by atoms with van der Waals surface area (Å²) in [5.74, 6) is 0.298. The number of pyridine rings is 1. The average Bonchev–Trinajstić information content (AvgIpc) is 3.36. The van der Waals surface area contributed by atoms with Crippen molar-refractivity contribution in [3.05, 3.63) is 46.4 Å². The molecule has 11 heteroatoms. The van der Waals surface area contributed by atoms with E-state index in [1.54, 1.807) is 31.5 Å². The molecule has 0 bridgehead atoms. The third-order valence-electron chi connectivity index (χ3n) is 4.40. The Labute approximate surface area is 180 Å². The molecule has 4 aromatic rings. The molecule has 154 valence electrons. The highest BCUT2D eigenvalue weighted by Crippen LogP contribution is 2.34. The van der Waals surface area contributed by atoms with Gasteiger partial charge in [-0.25, -0.2) is 14.8 Å². The standard InChI is InChI=1S/C19H17ClN6O3S/c1-9(28-3)15-14(7-21-18-16(15)23-10(2)30-18)25-19(27)24-11-4-5-12(13(20)6-11)17-26-22-8-29-17/h4-9H,1-3H3,(H2,24,25,27)/t9-/m0/s1. The number of hydrogen-bond donors (Lipinski definition) is 2. The number of nitrogens with zero attached hydrogens (tertiary/aromatic N) is 4. The zero-order chi connectivity index (χ0) is 21.3. The second-order valence-corrected chi connectivity index (χ2v) is 7.96. The molecule has 30 heavy (non-hydrogen) atoms. The predicted molar refractivity (Wildman–Crippen MR) is 115 cm³/mol. The van der Waals surface area contributed by atoms with Crippen LogP contribution in [-0.2, 0) is 4.74 Å². The van der Waals surface area contributed by atoms with E-state index in [0.717, 1.165) is 20.9 Å². The maximum absolute atomic E-state index is 12.6. The summed E-state index contributed by atoms with van der Waals surface area (Å²) in [5, 5.41) is 14.3. The van der Waals surface area contributed by atoms with Gasteiger partial charge in [0.05, 0.1) is 33.6 Å². The number of fused-ring (bicyclic) bond motifs is 1. The van der Waals surface area contributed by atoms with E-state index in [1.165, 1.54) is 17.7 Å². The highest BCUT2D eigenvalue weighted by molar-refractivity contribution is 7.18. The van der Waals surface area contributed by atoms with Gasteiger partial charge in [0.1, 0.15) is 10.3 Å². The molecule has 0 radical (unpaired) electrons. The van der Waals surface area contributed by atoms with Gasteiger partial charge >= 0.3 is 6.03 Å². The lowest BCUT2D eigenvalue weighted by Crippen LogP contribution is -2.21. The van der Waals surface area contributed by atoms with Gasteiger partial charge in [-0.05, 0) is 32.0 Å². The molecule has 3 heterocycles. The predicted octanol–water partition coefficient (Wildman–Crippen LogP) is 5.05. The van der Waals surface area contributed by atoms with E-state index >= 15 is 0 Å². The molecule has 0 aliphatic heterocycles. The summed E-state index contributed by atoms with van der Waals surface area (Å²) in [7, 11) is 1.60. The number of nitrogens with one attached hydrogen (secondary N) is 2. The normalized spacial score (nSPS) is 12.1. The minimum atomic E-state index is -0.450. The molecule has 0 unspecified atom stereocenters. The highest BCUT2D eigenvalue weighted by atomic mass is 35.5. The number of carbonyl (C=O) groups excluding carboxylic acids is 1. The van der Waals surface area contributed by atoms with Crippen molar-refractivity contribution >= 4 is 50.7 Å². The number of carbonyl (C=O) groups is 1. The SMILES string of the molecule is CO[C@@H](C)c1c(NC(=O)Nc2ccc(-c3nnco3)c(Cl)c2)cnc2sc(C)nc12. The quantitative estimate of drug-likeness (QED) is 0.442. The van der Waals surface area contributed by atoms with Gasteiger partial charge in [-0.3, -0.25) is 0 Å². The molecule has 0 aliphatic rings. The van der Waals surface area contributed by atoms with Crippen molar-refractivity contribution in [1.82, 2.24) is 20.2 Å². The molecule has 0 saturated carbocycles. The van der Waals surface area contributed by atoms with Crippen molar-refractivity contribution in [2.75, 3.05) is 17.7 Å². The van der Waals surface area contributed by atoms with Crippen LogP contribution in [-0.4, -0.2) is 33.3 Å². The molecule has 4 rings (SSSR count). The summed E-state index contributed by atoms with van der Waals surface area (Å²) < 4.78 is 10.6. The van der Waals surface area contributed by atoms with Gasteiger partial charge in [-0.1, -0.05) is 22.9 Å². The third-order valence-corrected chi connectivity index (χ3v) is 5.59. The fourth-order valence-corrected chi connectivity index (χ4v) is 4.01. The van der Waals surface area contributed by atoms with Crippen LogP contribution in [0.25, 0.3) is 21.8 Å². The topological polar surface area (TPSA) is 115 Å². The van der Waals surface area contributed by atoms with Gasteiger partial charge < -0.3 is 19.8 Å². The number of amides is 2. The number of aromatic nitrogens is 4. The fraction of sp³-hybridized carbons (Fsp3) is 0.211. The number of anilines is 2. The summed E-state index contributed by atoms with van der Waals surface area (Å²) in [6.07, 6.45) is 2.55. The summed E-state index contributed by atoms with van der Waals surface area (Å²) >= 11 is 7.77. The van der Waals surface area contributed by atoms with Gasteiger partial charge in [-0.2, -0.15) is 0 Å². The first-order valence-electron chi connectivity index (χ1n) is 8.89. The van der Waals surface area contributed by atoms with Crippen LogP contribution in [0, 0.1) is 6.92 Å². The first kappa shape index (κ1) is 20.2. The first-order valence-corrected chi connectivity index (χ1v) is 10.1. The lowest BCUT2D eigenvalue weighted by Gasteiger charge is -2.16. The number of benzene rings is 1. The Bertz CT molecular complexity index is 1210. The number of rotatable bonds is 5. The summed E-state index contributed by atoms with van der Waals surface area (Å²) in [6, 6.07) is 4.53. The van der Waals surface area contributed by atoms with E-state index in [0.29, 0.717) is 27.9 Å². The lowest BCUT2D eigenvalue weighted by molar-refractivity contribution is 0.121. The molecular weight excluding hydrogens is 428 g/mol. The second-order valence-electron chi connectivity index (χ2n) is 6.37. The minimum Gasteiger partial charge on any atom is -0.423 e.